The maximum atomic E-state index is 12.7. The molecule has 0 aliphatic rings. The van der Waals surface area contributed by atoms with Crippen LogP contribution in [-0.2, 0) is 28.6 Å². The van der Waals surface area contributed by atoms with Crippen molar-refractivity contribution >= 4 is 17.9 Å². The second kappa shape index (κ2) is 44.5. The average Bonchev–Trinajstić information content (AvgIpc) is 3.18. The molecule has 332 valence electrons. The maximum absolute atomic E-state index is 12.7. The molecule has 0 saturated carbocycles. The molecule has 0 N–H and O–H groups in total. The van der Waals surface area contributed by atoms with E-state index in [0.29, 0.717) is 19.3 Å². The van der Waals surface area contributed by atoms with E-state index in [2.05, 4.69) is 27.7 Å². The Balaban J connectivity index is 4.25. The van der Waals surface area contributed by atoms with Crippen molar-refractivity contribution in [2.45, 2.75) is 284 Å². The Morgan fingerprint density at radius 3 is 0.875 bits per heavy atom. The average molecular weight is 793 g/mol. The lowest BCUT2D eigenvalue weighted by Gasteiger charge is -2.18. The van der Waals surface area contributed by atoms with E-state index in [4.69, 9.17) is 14.2 Å². The zero-order valence-electron chi connectivity index (χ0n) is 38.1. The van der Waals surface area contributed by atoms with Crippen LogP contribution >= 0.6 is 0 Å². The molecular formula is C50H96O6. The number of rotatable bonds is 45. The van der Waals surface area contributed by atoms with E-state index in [9.17, 15) is 14.4 Å². The van der Waals surface area contributed by atoms with Gasteiger partial charge in [-0.3, -0.25) is 14.4 Å². The number of unbranched alkanes of at least 4 members (excludes halogenated alkanes) is 32. The smallest absolute Gasteiger partial charge is 0.306 e. The minimum absolute atomic E-state index is 0.0636. The molecule has 0 aromatic carbocycles. The summed E-state index contributed by atoms with van der Waals surface area (Å²) in [5, 5.41) is 0. The van der Waals surface area contributed by atoms with Crippen molar-refractivity contribution in [1.82, 2.24) is 0 Å². The van der Waals surface area contributed by atoms with Crippen molar-refractivity contribution < 1.29 is 28.6 Å². The first kappa shape index (κ1) is 54.4. The number of hydrogen-bond acceptors (Lipinski definition) is 6. The maximum Gasteiger partial charge on any atom is 0.306 e. The summed E-state index contributed by atoms with van der Waals surface area (Å²) in [7, 11) is 0. The lowest BCUT2D eigenvalue weighted by Crippen LogP contribution is -2.30. The highest BCUT2D eigenvalue weighted by Crippen LogP contribution is 2.17. The van der Waals surface area contributed by atoms with E-state index in [1.807, 2.05) is 0 Å². The van der Waals surface area contributed by atoms with Crippen LogP contribution in [0.1, 0.15) is 278 Å². The van der Waals surface area contributed by atoms with Gasteiger partial charge in [0.15, 0.2) is 6.10 Å². The molecule has 0 bridgehead atoms. The summed E-state index contributed by atoms with van der Waals surface area (Å²) in [5.74, 6) is -0.0579. The first-order valence-electron chi connectivity index (χ1n) is 24.9. The third kappa shape index (κ3) is 43.5. The number of carbonyl (C=O) groups is 3. The number of esters is 3. The minimum Gasteiger partial charge on any atom is -0.462 e. The first-order chi connectivity index (χ1) is 27.4. The van der Waals surface area contributed by atoms with Crippen LogP contribution in [0.3, 0.4) is 0 Å². The number of ether oxygens (including phenoxy) is 3. The van der Waals surface area contributed by atoms with E-state index < -0.39 is 6.10 Å². The Bertz CT molecular complexity index is 841. The largest absolute Gasteiger partial charge is 0.462 e. The summed E-state index contributed by atoms with van der Waals surface area (Å²) in [4.78, 5) is 37.8. The molecule has 0 aromatic heterocycles. The fourth-order valence-electron chi connectivity index (χ4n) is 7.51. The summed E-state index contributed by atoms with van der Waals surface area (Å²) < 4.78 is 16.7. The third-order valence-corrected chi connectivity index (χ3v) is 11.3. The fourth-order valence-corrected chi connectivity index (χ4v) is 7.51. The molecule has 0 rings (SSSR count). The van der Waals surface area contributed by atoms with Crippen molar-refractivity contribution in [2.75, 3.05) is 13.2 Å². The van der Waals surface area contributed by atoms with Gasteiger partial charge in [-0.25, -0.2) is 0 Å². The zero-order valence-corrected chi connectivity index (χ0v) is 38.1. The van der Waals surface area contributed by atoms with Crippen LogP contribution in [0.2, 0.25) is 0 Å². The standard InChI is InChI=1S/C50H96O6/c1-5-7-9-11-13-15-17-18-19-20-21-22-23-25-30-34-38-42-49(52)55-45-47(44-54-48(51)41-37-33-29-24-16-14-12-10-8-6-2)56-50(53)43-39-35-31-27-26-28-32-36-40-46(3)4/h46-47H,5-45H2,1-4H3/t47-/m1/s1. The Kier molecular flexibility index (Phi) is 43.2. The number of carbonyl (C=O) groups excluding carboxylic acids is 3. The Morgan fingerprint density at radius 1 is 0.339 bits per heavy atom. The molecule has 0 spiro atoms. The van der Waals surface area contributed by atoms with Crippen LogP contribution < -0.4 is 0 Å². The highest BCUT2D eigenvalue weighted by Gasteiger charge is 2.19. The molecule has 6 heteroatoms. The van der Waals surface area contributed by atoms with E-state index in [0.717, 1.165) is 63.7 Å². The van der Waals surface area contributed by atoms with Crippen molar-refractivity contribution in [2.24, 2.45) is 5.92 Å². The molecular weight excluding hydrogens is 697 g/mol. The zero-order chi connectivity index (χ0) is 41.0. The van der Waals surface area contributed by atoms with Gasteiger partial charge in [0.05, 0.1) is 0 Å². The molecule has 0 heterocycles. The van der Waals surface area contributed by atoms with E-state index in [-0.39, 0.29) is 31.1 Å². The summed E-state index contributed by atoms with van der Waals surface area (Å²) in [6, 6.07) is 0. The second-order valence-electron chi connectivity index (χ2n) is 17.6. The second-order valence-corrected chi connectivity index (χ2v) is 17.6. The molecule has 6 nitrogen and oxygen atoms in total. The molecule has 0 fully saturated rings. The fraction of sp³-hybridized carbons (Fsp3) is 0.940. The third-order valence-electron chi connectivity index (χ3n) is 11.3. The monoisotopic (exact) mass is 793 g/mol. The van der Waals surface area contributed by atoms with E-state index in [1.54, 1.807) is 0 Å². The molecule has 0 amide bonds. The highest BCUT2D eigenvalue weighted by atomic mass is 16.6. The Labute approximate surface area is 348 Å². The Hall–Kier alpha value is -1.59. The van der Waals surface area contributed by atoms with Crippen LogP contribution in [0.4, 0.5) is 0 Å². The molecule has 0 unspecified atom stereocenters. The van der Waals surface area contributed by atoms with Gasteiger partial charge in [-0.05, 0) is 25.2 Å². The minimum atomic E-state index is -0.760. The first-order valence-corrected chi connectivity index (χ1v) is 24.9. The topological polar surface area (TPSA) is 78.9 Å². The van der Waals surface area contributed by atoms with Crippen molar-refractivity contribution in [1.29, 1.82) is 0 Å². The molecule has 1 atom stereocenters. The van der Waals surface area contributed by atoms with E-state index in [1.165, 1.54) is 173 Å². The molecule has 56 heavy (non-hydrogen) atoms. The SMILES string of the molecule is CCCCCCCCCCCCCCCCCCCC(=O)OC[C@@H](COC(=O)CCCCCCCCCCCC)OC(=O)CCCCCCCCCCC(C)C. The van der Waals surface area contributed by atoms with Gasteiger partial charge in [0, 0.05) is 19.3 Å². The van der Waals surface area contributed by atoms with Crippen LogP contribution in [0.15, 0.2) is 0 Å². The van der Waals surface area contributed by atoms with Gasteiger partial charge in [0.2, 0.25) is 0 Å². The van der Waals surface area contributed by atoms with Gasteiger partial charge in [-0.2, -0.15) is 0 Å². The normalized spacial score (nSPS) is 11.9. The summed E-state index contributed by atoms with van der Waals surface area (Å²) in [6.07, 6.45) is 45.2. The van der Waals surface area contributed by atoms with Crippen LogP contribution in [-0.4, -0.2) is 37.2 Å². The number of hydrogen-bond donors (Lipinski definition) is 0. The van der Waals surface area contributed by atoms with Gasteiger partial charge < -0.3 is 14.2 Å². The van der Waals surface area contributed by atoms with Crippen molar-refractivity contribution in [3.8, 4) is 0 Å². The highest BCUT2D eigenvalue weighted by molar-refractivity contribution is 5.71. The Morgan fingerprint density at radius 2 is 0.589 bits per heavy atom. The quantitative estimate of drug-likeness (QED) is 0.0347. The molecule has 0 saturated heterocycles. The lowest BCUT2D eigenvalue weighted by molar-refractivity contribution is -0.167. The lowest BCUT2D eigenvalue weighted by atomic mass is 10.0. The van der Waals surface area contributed by atoms with Gasteiger partial charge in [-0.15, -0.1) is 0 Å². The van der Waals surface area contributed by atoms with Gasteiger partial charge in [0.1, 0.15) is 13.2 Å². The summed E-state index contributed by atoms with van der Waals surface area (Å²) >= 11 is 0. The molecule has 0 radical (unpaired) electrons. The summed E-state index contributed by atoms with van der Waals surface area (Å²) in [5.41, 5.74) is 0. The van der Waals surface area contributed by atoms with Gasteiger partial charge in [0.25, 0.3) is 0 Å². The molecule has 0 aliphatic heterocycles. The summed E-state index contributed by atoms with van der Waals surface area (Å²) in [6.45, 7) is 8.97. The van der Waals surface area contributed by atoms with Gasteiger partial charge in [-0.1, -0.05) is 240 Å². The predicted octanol–water partition coefficient (Wildman–Crippen LogP) is 15.9. The van der Waals surface area contributed by atoms with E-state index >= 15 is 0 Å². The van der Waals surface area contributed by atoms with Crippen LogP contribution in [0, 0.1) is 5.92 Å². The molecule has 0 aromatic rings. The predicted molar refractivity (Wildman–Crippen MR) is 238 cm³/mol. The van der Waals surface area contributed by atoms with Crippen molar-refractivity contribution in [3.05, 3.63) is 0 Å². The van der Waals surface area contributed by atoms with Gasteiger partial charge >= 0.3 is 17.9 Å². The van der Waals surface area contributed by atoms with Crippen LogP contribution in [0.25, 0.3) is 0 Å². The van der Waals surface area contributed by atoms with Crippen molar-refractivity contribution in [3.63, 3.8) is 0 Å². The van der Waals surface area contributed by atoms with Crippen LogP contribution in [0.5, 0.6) is 0 Å². The molecule has 0 aliphatic carbocycles.